The van der Waals surface area contributed by atoms with E-state index in [4.69, 9.17) is 0 Å². The molecule has 3 aromatic rings. The highest BCUT2D eigenvalue weighted by Crippen LogP contribution is 2.25. The van der Waals surface area contributed by atoms with Crippen molar-refractivity contribution in [1.82, 2.24) is 25.5 Å². The van der Waals surface area contributed by atoms with E-state index in [0.717, 1.165) is 42.4 Å². The van der Waals surface area contributed by atoms with Crippen LogP contribution in [0, 0.1) is 5.92 Å². The summed E-state index contributed by atoms with van der Waals surface area (Å²) in [7, 11) is 2.07. The first kappa shape index (κ1) is 21.8. The number of H-pyrrole nitrogens is 1. The molecule has 0 bridgehead atoms. The summed E-state index contributed by atoms with van der Waals surface area (Å²) < 4.78 is 0. The number of guanidine groups is 1. The summed E-state index contributed by atoms with van der Waals surface area (Å²) in [5, 5.41) is 9.72. The molecule has 34 heavy (non-hydrogen) atoms. The third-order valence-corrected chi connectivity index (χ3v) is 6.21. The van der Waals surface area contributed by atoms with Gasteiger partial charge in [0.05, 0.1) is 11.9 Å². The first-order valence-electron chi connectivity index (χ1n) is 11.4. The molecule has 9 heteroatoms. The third-order valence-electron chi connectivity index (χ3n) is 6.21. The van der Waals surface area contributed by atoms with Gasteiger partial charge in [-0.15, -0.1) is 0 Å². The van der Waals surface area contributed by atoms with E-state index in [-0.39, 0.29) is 17.7 Å². The lowest BCUT2D eigenvalue weighted by atomic mass is 9.96. The first-order valence-corrected chi connectivity index (χ1v) is 11.4. The number of nitrogens with one attached hydrogen (secondary N) is 4. The van der Waals surface area contributed by atoms with Crippen LogP contribution in [0.25, 0.3) is 17.1 Å². The van der Waals surface area contributed by atoms with Gasteiger partial charge in [0.1, 0.15) is 11.3 Å². The van der Waals surface area contributed by atoms with E-state index in [1.54, 1.807) is 18.5 Å². The molecule has 0 radical (unpaired) electrons. The van der Waals surface area contributed by atoms with Crippen LogP contribution in [0.1, 0.15) is 24.0 Å². The van der Waals surface area contributed by atoms with E-state index < -0.39 is 0 Å². The lowest BCUT2D eigenvalue weighted by Crippen LogP contribution is -2.35. The maximum absolute atomic E-state index is 12.7. The Kier molecular flexibility index (Phi) is 6.09. The summed E-state index contributed by atoms with van der Waals surface area (Å²) >= 11 is 0. The molecule has 1 saturated heterocycles. The molecule has 0 unspecified atom stereocenters. The second-order valence-electron chi connectivity index (χ2n) is 8.71. The van der Waals surface area contributed by atoms with Crippen LogP contribution in [0.15, 0.2) is 59.5 Å². The molecule has 4 heterocycles. The lowest BCUT2D eigenvalue weighted by Gasteiger charge is -2.28. The highest BCUT2D eigenvalue weighted by atomic mass is 16.2. The monoisotopic (exact) mass is 457 g/mol. The minimum atomic E-state index is -0.274. The zero-order valence-electron chi connectivity index (χ0n) is 19.0. The molecule has 9 nitrogen and oxygen atoms in total. The molecule has 174 valence electrons. The Labute approximate surface area is 197 Å². The van der Waals surface area contributed by atoms with Gasteiger partial charge in [-0.05, 0) is 50.7 Å². The molecule has 1 fully saturated rings. The van der Waals surface area contributed by atoms with Gasteiger partial charge in [0, 0.05) is 29.6 Å². The van der Waals surface area contributed by atoms with E-state index >= 15 is 0 Å². The number of carbonyl (C=O) groups is 2. The second-order valence-corrected chi connectivity index (χ2v) is 8.71. The summed E-state index contributed by atoms with van der Waals surface area (Å²) in [5.41, 5.74) is 3.48. The minimum absolute atomic E-state index is 0.0121. The van der Waals surface area contributed by atoms with Gasteiger partial charge in [0.25, 0.3) is 5.91 Å². The number of likely N-dealkylation sites (tertiary alicyclic amines) is 1. The lowest BCUT2D eigenvalue weighted by molar-refractivity contribution is -0.121. The van der Waals surface area contributed by atoms with E-state index in [9.17, 15) is 9.59 Å². The van der Waals surface area contributed by atoms with E-state index in [1.807, 2.05) is 36.4 Å². The fourth-order valence-electron chi connectivity index (χ4n) is 4.21. The number of aliphatic imine (C=N–C) groups is 1. The predicted molar refractivity (Wildman–Crippen MR) is 132 cm³/mol. The molecule has 2 amide bonds. The van der Waals surface area contributed by atoms with Crippen LogP contribution in [0.4, 0.5) is 5.69 Å². The van der Waals surface area contributed by atoms with Crippen molar-refractivity contribution in [3.63, 3.8) is 0 Å². The molecule has 0 saturated carbocycles. The molecule has 4 N–H and O–H groups in total. The topological polar surface area (TPSA) is 115 Å². The Morgan fingerprint density at radius 2 is 2.03 bits per heavy atom. The molecule has 2 aliphatic heterocycles. The number of aromatic amines is 1. The Balaban J connectivity index is 1.31. The van der Waals surface area contributed by atoms with Crippen molar-refractivity contribution in [2.24, 2.45) is 10.9 Å². The summed E-state index contributed by atoms with van der Waals surface area (Å²) in [5.74, 6) is 0.186. The molecule has 2 aromatic heterocycles. The minimum Gasteiger partial charge on any atom is -0.352 e. The van der Waals surface area contributed by atoms with Crippen LogP contribution in [-0.2, 0) is 16.1 Å². The van der Waals surface area contributed by atoms with Crippen molar-refractivity contribution in [2.45, 2.75) is 19.4 Å². The fraction of sp³-hybridized carbons (Fsp3) is 0.280. The van der Waals surface area contributed by atoms with Crippen LogP contribution < -0.4 is 16.0 Å². The smallest absolute Gasteiger partial charge is 0.276 e. The Hall–Kier alpha value is -3.98. The van der Waals surface area contributed by atoms with Crippen molar-refractivity contribution in [2.75, 3.05) is 25.5 Å². The SMILES string of the molecule is CN1CCC(C(=O)Nc2cnc3[nH]cc(C=C4N=C(NCc5ccccc5)NC4=O)c3c2)CC1. The van der Waals surface area contributed by atoms with Crippen molar-refractivity contribution in [3.8, 4) is 0 Å². The number of rotatable bonds is 5. The van der Waals surface area contributed by atoms with Gasteiger partial charge in [-0.1, -0.05) is 30.3 Å². The zero-order valence-corrected chi connectivity index (χ0v) is 19.0. The average Bonchev–Trinajstić information content (AvgIpc) is 3.41. The van der Waals surface area contributed by atoms with E-state index in [0.29, 0.717) is 29.5 Å². The number of carbonyl (C=O) groups excluding carboxylic acids is 2. The van der Waals surface area contributed by atoms with Crippen molar-refractivity contribution in [3.05, 3.63) is 65.6 Å². The van der Waals surface area contributed by atoms with Gasteiger partial charge in [0.2, 0.25) is 11.9 Å². The number of fused-ring (bicyclic) bond motifs is 1. The normalized spacial score (nSPS) is 18.2. The maximum atomic E-state index is 12.7. The number of anilines is 1. The Morgan fingerprint density at radius 3 is 2.82 bits per heavy atom. The highest BCUT2D eigenvalue weighted by molar-refractivity contribution is 6.14. The van der Waals surface area contributed by atoms with Gasteiger partial charge in [-0.25, -0.2) is 9.98 Å². The van der Waals surface area contributed by atoms with Gasteiger partial charge in [-0.2, -0.15) is 0 Å². The van der Waals surface area contributed by atoms with Gasteiger partial charge in [0.15, 0.2) is 0 Å². The number of amides is 2. The summed E-state index contributed by atoms with van der Waals surface area (Å²) in [4.78, 5) is 39.3. The van der Waals surface area contributed by atoms with Gasteiger partial charge < -0.3 is 20.5 Å². The first-order chi connectivity index (χ1) is 16.5. The fourth-order valence-corrected chi connectivity index (χ4v) is 4.21. The Bertz CT molecular complexity index is 1270. The van der Waals surface area contributed by atoms with Crippen molar-refractivity contribution < 1.29 is 9.59 Å². The average molecular weight is 458 g/mol. The van der Waals surface area contributed by atoms with Crippen LogP contribution in [0.3, 0.4) is 0 Å². The largest absolute Gasteiger partial charge is 0.352 e. The molecular formula is C25H27N7O2. The molecule has 0 atom stereocenters. The molecule has 1 aromatic carbocycles. The number of piperidine rings is 1. The number of hydrogen-bond donors (Lipinski definition) is 4. The zero-order chi connectivity index (χ0) is 23.5. The van der Waals surface area contributed by atoms with Crippen LogP contribution in [0.5, 0.6) is 0 Å². The summed E-state index contributed by atoms with van der Waals surface area (Å²) in [6.07, 6.45) is 6.86. The van der Waals surface area contributed by atoms with Crippen molar-refractivity contribution in [1.29, 1.82) is 0 Å². The number of nitrogens with zero attached hydrogens (tertiary/aromatic N) is 3. The van der Waals surface area contributed by atoms with Crippen molar-refractivity contribution >= 4 is 40.6 Å². The number of aromatic nitrogens is 2. The standard InChI is InChI=1S/C25H27N7O2/c1-32-9-7-17(8-10-32)23(33)29-19-12-20-18(14-26-22(20)27-15-19)11-21-24(34)31-25(30-21)28-13-16-5-3-2-4-6-16/h2-6,11-12,14-15,17H,7-10,13H2,1H3,(H,26,27)(H,29,33)(H2,28,30,31,34). The molecule has 5 rings (SSSR count). The third kappa shape index (κ3) is 4.84. The van der Waals surface area contributed by atoms with E-state index in [2.05, 4.69) is 42.9 Å². The second kappa shape index (κ2) is 9.48. The summed E-state index contributed by atoms with van der Waals surface area (Å²) in [6.45, 7) is 2.41. The predicted octanol–water partition coefficient (Wildman–Crippen LogP) is 2.46. The Morgan fingerprint density at radius 1 is 1.24 bits per heavy atom. The van der Waals surface area contributed by atoms with Crippen LogP contribution >= 0.6 is 0 Å². The maximum Gasteiger partial charge on any atom is 0.276 e. The molecule has 0 aliphatic carbocycles. The quantitative estimate of drug-likeness (QED) is 0.440. The number of pyridine rings is 1. The number of hydrogen-bond acceptors (Lipinski definition) is 6. The van der Waals surface area contributed by atoms with Gasteiger partial charge in [-0.3, -0.25) is 14.9 Å². The molecule has 0 spiro atoms. The highest BCUT2D eigenvalue weighted by Gasteiger charge is 2.24. The number of benzene rings is 1. The van der Waals surface area contributed by atoms with Crippen LogP contribution in [0.2, 0.25) is 0 Å². The molecular weight excluding hydrogens is 430 g/mol. The molecule has 2 aliphatic rings. The van der Waals surface area contributed by atoms with Gasteiger partial charge >= 0.3 is 0 Å². The van der Waals surface area contributed by atoms with E-state index in [1.165, 1.54) is 0 Å². The summed E-state index contributed by atoms with van der Waals surface area (Å²) in [6, 6.07) is 11.8. The van der Waals surface area contributed by atoms with Crippen LogP contribution in [-0.4, -0.2) is 52.8 Å².